The highest BCUT2D eigenvalue weighted by Gasteiger charge is 2.38. The molecule has 1 aliphatic heterocycles. The number of aromatic nitrogens is 4. The first-order chi connectivity index (χ1) is 16.1. The van der Waals surface area contributed by atoms with E-state index in [2.05, 4.69) is 25.9 Å². The van der Waals surface area contributed by atoms with Crippen molar-refractivity contribution in [2.75, 3.05) is 28.6 Å². The van der Waals surface area contributed by atoms with Crippen molar-refractivity contribution in [1.82, 2.24) is 19.8 Å². The van der Waals surface area contributed by atoms with E-state index in [0.29, 0.717) is 47.6 Å². The van der Waals surface area contributed by atoms with Crippen molar-refractivity contribution in [2.45, 2.75) is 32.9 Å². The molecule has 3 aromatic rings. The fraction of sp³-hybridized carbons (Fsp3) is 0.409. The largest absolute Gasteiger partial charge is 0.453 e. The number of carbonyl (C=O) groups excluding carboxylic acids is 2. The third-order valence-electron chi connectivity index (χ3n) is 5.61. The number of nitrogens with one attached hydrogen (secondary N) is 2. The molecule has 1 aliphatic rings. The number of amides is 2. The number of fused-ring (bicyclic) bond motifs is 1. The van der Waals surface area contributed by atoms with Crippen molar-refractivity contribution < 1.29 is 22.8 Å². The van der Waals surface area contributed by atoms with Gasteiger partial charge in [0, 0.05) is 36.3 Å². The Morgan fingerprint density at radius 2 is 1.71 bits per heavy atom. The maximum absolute atomic E-state index is 13.1. The summed E-state index contributed by atoms with van der Waals surface area (Å²) in [6.07, 6.45) is -3.63. The van der Waals surface area contributed by atoms with Crippen LogP contribution < -0.4 is 15.5 Å². The summed E-state index contributed by atoms with van der Waals surface area (Å²) in [7, 11) is 0. The van der Waals surface area contributed by atoms with E-state index in [9.17, 15) is 22.8 Å². The molecule has 0 bridgehead atoms. The van der Waals surface area contributed by atoms with Gasteiger partial charge in [-0.25, -0.2) is 0 Å². The van der Waals surface area contributed by atoms with Crippen molar-refractivity contribution in [3.63, 3.8) is 0 Å². The second kappa shape index (κ2) is 9.27. The van der Waals surface area contributed by atoms with E-state index in [4.69, 9.17) is 0 Å². The molecule has 12 heteroatoms. The summed E-state index contributed by atoms with van der Waals surface area (Å²) in [6, 6.07) is 9.97. The maximum atomic E-state index is 13.1. The zero-order valence-corrected chi connectivity index (χ0v) is 18.6. The molecule has 1 saturated heterocycles. The van der Waals surface area contributed by atoms with Gasteiger partial charge in [-0.2, -0.15) is 17.7 Å². The normalized spacial score (nSPS) is 15.1. The highest BCUT2D eigenvalue weighted by atomic mass is 19.4. The van der Waals surface area contributed by atoms with Crippen molar-refractivity contribution >= 4 is 34.7 Å². The Hall–Kier alpha value is -3.70. The molecular weight excluding hydrogens is 451 g/mol. The Bertz CT molecular complexity index is 1200. The van der Waals surface area contributed by atoms with Crippen LogP contribution in [-0.2, 0) is 15.8 Å². The second-order valence-electron chi connectivity index (χ2n) is 8.46. The molecule has 0 spiro atoms. The Labute approximate surface area is 193 Å². The van der Waals surface area contributed by atoms with E-state index in [1.165, 1.54) is 6.07 Å². The number of hydrogen-bond acceptors (Lipinski definition) is 6. The van der Waals surface area contributed by atoms with Crippen molar-refractivity contribution in [2.24, 2.45) is 11.8 Å². The molecular formula is C22H24F3N7O2. The number of alkyl halides is 3. The van der Waals surface area contributed by atoms with Gasteiger partial charge in [-0.1, -0.05) is 19.9 Å². The van der Waals surface area contributed by atoms with Crippen molar-refractivity contribution in [3.8, 4) is 0 Å². The number of anilines is 3. The van der Waals surface area contributed by atoms with Gasteiger partial charge in [-0.05, 0) is 43.2 Å². The van der Waals surface area contributed by atoms with E-state index >= 15 is 0 Å². The number of carbonyl (C=O) groups is 2. The molecule has 9 nitrogen and oxygen atoms in total. The number of benzene rings is 1. The SMILES string of the molecule is CC(C)C(=O)Nc1cccc(NC(=O)C2CCN(c3ccc4nnc(C(F)(F)F)n4n3)CC2)c1. The van der Waals surface area contributed by atoms with E-state index in [0.717, 1.165) is 0 Å². The number of nitrogens with zero attached hydrogens (tertiary/aromatic N) is 5. The molecule has 34 heavy (non-hydrogen) atoms. The van der Waals surface area contributed by atoms with E-state index in [1.807, 2.05) is 4.90 Å². The first kappa shape index (κ1) is 23.5. The van der Waals surface area contributed by atoms with Gasteiger partial charge in [0.1, 0.15) is 5.82 Å². The summed E-state index contributed by atoms with van der Waals surface area (Å²) >= 11 is 0. The maximum Gasteiger partial charge on any atom is 0.453 e. The first-order valence-electron chi connectivity index (χ1n) is 10.9. The minimum absolute atomic E-state index is 0.0113. The lowest BCUT2D eigenvalue weighted by atomic mass is 9.96. The van der Waals surface area contributed by atoms with Gasteiger partial charge in [0.25, 0.3) is 5.82 Å². The molecule has 0 aliphatic carbocycles. The zero-order valence-electron chi connectivity index (χ0n) is 18.6. The quantitative estimate of drug-likeness (QED) is 0.585. The molecule has 4 rings (SSSR count). The summed E-state index contributed by atoms with van der Waals surface area (Å²) in [5.41, 5.74) is 1.19. The van der Waals surface area contributed by atoms with Gasteiger partial charge in [0.15, 0.2) is 5.65 Å². The van der Waals surface area contributed by atoms with E-state index in [-0.39, 0.29) is 29.3 Å². The average molecular weight is 475 g/mol. The molecule has 2 N–H and O–H groups in total. The van der Waals surface area contributed by atoms with Crippen LogP contribution in [-0.4, -0.2) is 44.7 Å². The van der Waals surface area contributed by atoms with Crippen molar-refractivity contribution in [1.29, 1.82) is 0 Å². The van der Waals surface area contributed by atoms with Crippen LogP contribution in [0.3, 0.4) is 0 Å². The third kappa shape index (κ3) is 5.10. The molecule has 2 amide bonds. The molecule has 1 aromatic carbocycles. The number of hydrogen-bond donors (Lipinski definition) is 2. The summed E-state index contributed by atoms with van der Waals surface area (Å²) in [6.45, 7) is 4.51. The smallest absolute Gasteiger partial charge is 0.355 e. The van der Waals surface area contributed by atoms with Gasteiger partial charge in [-0.3, -0.25) is 9.59 Å². The van der Waals surface area contributed by atoms with Gasteiger partial charge < -0.3 is 15.5 Å². The molecule has 3 heterocycles. The van der Waals surface area contributed by atoms with Crippen LogP contribution in [0.15, 0.2) is 36.4 Å². The molecule has 180 valence electrons. The van der Waals surface area contributed by atoms with E-state index in [1.54, 1.807) is 44.2 Å². The van der Waals surface area contributed by atoms with Gasteiger partial charge in [0.05, 0.1) is 0 Å². The lowest BCUT2D eigenvalue weighted by Crippen LogP contribution is -2.38. The number of rotatable bonds is 5. The Morgan fingerprint density at radius 1 is 1.03 bits per heavy atom. The lowest BCUT2D eigenvalue weighted by Gasteiger charge is -2.32. The van der Waals surface area contributed by atoms with Crippen LogP contribution in [0, 0.1) is 11.8 Å². The monoisotopic (exact) mass is 475 g/mol. The Balaban J connectivity index is 1.38. The molecule has 0 saturated carbocycles. The topological polar surface area (TPSA) is 105 Å². The van der Waals surface area contributed by atoms with Crippen LogP contribution in [0.4, 0.5) is 30.4 Å². The Kier molecular flexibility index (Phi) is 6.40. The first-order valence-corrected chi connectivity index (χ1v) is 10.9. The predicted octanol–water partition coefficient (Wildman–Crippen LogP) is 3.59. The third-order valence-corrected chi connectivity index (χ3v) is 5.61. The summed E-state index contributed by atoms with van der Waals surface area (Å²) in [4.78, 5) is 26.5. The van der Waals surface area contributed by atoms with Crippen molar-refractivity contribution in [3.05, 3.63) is 42.2 Å². The van der Waals surface area contributed by atoms with Crippen LogP contribution in [0.1, 0.15) is 32.5 Å². The highest BCUT2D eigenvalue weighted by Crippen LogP contribution is 2.29. The summed E-state index contributed by atoms with van der Waals surface area (Å²) < 4.78 is 40.1. The van der Waals surface area contributed by atoms with Crippen LogP contribution in [0.25, 0.3) is 5.65 Å². The van der Waals surface area contributed by atoms with Crippen LogP contribution in [0.5, 0.6) is 0 Å². The molecule has 0 atom stereocenters. The minimum Gasteiger partial charge on any atom is -0.355 e. The van der Waals surface area contributed by atoms with Crippen LogP contribution >= 0.6 is 0 Å². The zero-order chi connectivity index (χ0) is 24.5. The lowest BCUT2D eigenvalue weighted by molar-refractivity contribution is -0.146. The molecule has 1 fully saturated rings. The summed E-state index contributed by atoms with van der Waals surface area (Å²) in [5, 5.41) is 16.5. The van der Waals surface area contributed by atoms with Gasteiger partial charge >= 0.3 is 6.18 Å². The number of halogens is 3. The van der Waals surface area contributed by atoms with Gasteiger partial charge in [-0.15, -0.1) is 15.3 Å². The predicted molar refractivity (Wildman–Crippen MR) is 119 cm³/mol. The molecule has 0 radical (unpaired) electrons. The molecule has 0 unspecified atom stereocenters. The second-order valence-corrected chi connectivity index (χ2v) is 8.46. The Morgan fingerprint density at radius 3 is 2.35 bits per heavy atom. The van der Waals surface area contributed by atoms with Crippen LogP contribution in [0.2, 0.25) is 0 Å². The number of piperidine rings is 1. The fourth-order valence-corrected chi connectivity index (χ4v) is 3.70. The van der Waals surface area contributed by atoms with E-state index < -0.39 is 12.0 Å². The summed E-state index contributed by atoms with van der Waals surface area (Å²) in [5.74, 6) is -1.49. The van der Waals surface area contributed by atoms with Gasteiger partial charge in [0.2, 0.25) is 11.8 Å². The highest BCUT2D eigenvalue weighted by molar-refractivity contribution is 5.95. The average Bonchev–Trinajstić information content (AvgIpc) is 3.23. The fourth-order valence-electron chi connectivity index (χ4n) is 3.70. The molecule has 2 aromatic heterocycles. The minimum atomic E-state index is -4.66. The standard InChI is InChI=1S/C22H24F3N7O2/c1-13(2)19(33)26-15-4-3-5-16(12-15)27-20(34)14-8-10-31(11-9-14)18-7-6-17-28-29-21(22(23,24)25)32(17)30-18/h3-7,12-14H,8-11H2,1-2H3,(H,26,33)(H,27,34).